The molecule has 0 spiro atoms. The molecule has 0 radical (unpaired) electrons. The van der Waals surface area contributed by atoms with Crippen molar-refractivity contribution in [2.75, 3.05) is 0 Å². The van der Waals surface area contributed by atoms with Gasteiger partial charge in [-0.1, -0.05) is 54.1 Å². The molecular formula is C20H23ClN4. The molecule has 0 aromatic heterocycles. The molecule has 0 saturated carbocycles. The van der Waals surface area contributed by atoms with Gasteiger partial charge in [-0.15, -0.1) is 0 Å². The van der Waals surface area contributed by atoms with Crippen LogP contribution in [0.4, 0.5) is 0 Å². The average molecular weight is 355 g/mol. The number of aryl methyl sites for hydroxylation is 1. The van der Waals surface area contributed by atoms with Gasteiger partial charge in [-0.3, -0.25) is 10.7 Å². The summed E-state index contributed by atoms with van der Waals surface area (Å²) in [5, 5.41) is 7.51. The fourth-order valence-electron chi connectivity index (χ4n) is 2.85. The molecule has 0 amide bonds. The Labute approximate surface area is 153 Å². The van der Waals surface area contributed by atoms with Gasteiger partial charge >= 0.3 is 0 Å². The van der Waals surface area contributed by atoms with Crippen LogP contribution in [0.3, 0.4) is 0 Å². The topological polar surface area (TPSA) is 62.4 Å². The SMILES string of the molecule is CC(NC1=CC=NC(N)(CCc2cccc(Cl)c2)N1)c1ccccc1. The molecule has 3 rings (SSSR count). The highest BCUT2D eigenvalue weighted by Crippen LogP contribution is 2.19. The van der Waals surface area contributed by atoms with Crippen molar-refractivity contribution in [3.63, 3.8) is 0 Å². The Kier molecular flexibility index (Phi) is 5.41. The van der Waals surface area contributed by atoms with Crippen LogP contribution in [-0.2, 0) is 6.42 Å². The second-order valence-corrected chi connectivity index (χ2v) is 6.75. The standard InChI is InChI=1S/C20H23ClN4/c1-15(17-7-3-2-4-8-17)24-19-11-13-23-20(22,25-19)12-10-16-6-5-9-18(21)14-16/h2-9,11,13-15,24-25H,10,12,22H2,1H3. The summed E-state index contributed by atoms with van der Waals surface area (Å²) in [4.78, 5) is 4.42. The first-order chi connectivity index (χ1) is 12.0. The van der Waals surface area contributed by atoms with Crippen molar-refractivity contribution in [2.24, 2.45) is 10.7 Å². The normalized spacial score (nSPS) is 20.5. The van der Waals surface area contributed by atoms with Gasteiger partial charge in [-0.05, 0) is 42.7 Å². The van der Waals surface area contributed by atoms with E-state index >= 15 is 0 Å². The van der Waals surface area contributed by atoms with Gasteiger partial charge in [0, 0.05) is 23.7 Å². The minimum Gasteiger partial charge on any atom is -0.365 e. The summed E-state index contributed by atoms with van der Waals surface area (Å²) in [6.45, 7) is 2.12. The number of nitrogens with zero attached hydrogens (tertiary/aromatic N) is 1. The molecule has 2 aromatic rings. The van der Waals surface area contributed by atoms with Crippen molar-refractivity contribution in [3.05, 3.63) is 82.6 Å². The molecular weight excluding hydrogens is 332 g/mol. The molecule has 25 heavy (non-hydrogen) atoms. The van der Waals surface area contributed by atoms with E-state index in [0.717, 1.165) is 22.8 Å². The number of aliphatic imine (C=N–C) groups is 1. The quantitative estimate of drug-likeness (QED) is 0.740. The number of hydrogen-bond donors (Lipinski definition) is 3. The van der Waals surface area contributed by atoms with Crippen molar-refractivity contribution in [2.45, 2.75) is 31.6 Å². The Bertz CT molecular complexity index is 772. The Hall–Kier alpha value is -2.30. The Balaban J connectivity index is 1.60. The highest BCUT2D eigenvalue weighted by atomic mass is 35.5. The van der Waals surface area contributed by atoms with Gasteiger partial charge in [0.25, 0.3) is 0 Å². The van der Waals surface area contributed by atoms with Gasteiger partial charge in [0.2, 0.25) is 0 Å². The highest BCUT2D eigenvalue weighted by molar-refractivity contribution is 6.30. The van der Waals surface area contributed by atoms with E-state index < -0.39 is 5.79 Å². The first-order valence-corrected chi connectivity index (χ1v) is 8.80. The van der Waals surface area contributed by atoms with E-state index in [4.69, 9.17) is 17.3 Å². The molecule has 0 fully saturated rings. The van der Waals surface area contributed by atoms with Crippen LogP contribution in [0.2, 0.25) is 5.02 Å². The van der Waals surface area contributed by atoms with Crippen LogP contribution in [0.25, 0.3) is 0 Å². The number of nitrogens with one attached hydrogen (secondary N) is 2. The zero-order valence-corrected chi connectivity index (χ0v) is 15.0. The molecule has 0 aliphatic carbocycles. The Morgan fingerprint density at radius 2 is 2.00 bits per heavy atom. The smallest absolute Gasteiger partial charge is 0.183 e. The van der Waals surface area contributed by atoms with E-state index in [1.54, 1.807) is 6.21 Å². The fourth-order valence-corrected chi connectivity index (χ4v) is 3.06. The van der Waals surface area contributed by atoms with E-state index in [-0.39, 0.29) is 6.04 Å². The summed E-state index contributed by atoms with van der Waals surface area (Å²) in [6.07, 6.45) is 5.13. The van der Waals surface area contributed by atoms with Crippen molar-refractivity contribution >= 4 is 17.8 Å². The van der Waals surface area contributed by atoms with Crippen LogP contribution in [0.1, 0.15) is 30.5 Å². The number of benzene rings is 2. The van der Waals surface area contributed by atoms with E-state index in [1.807, 2.05) is 48.5 Å². The van der Waals surface area contributed by atoms with Gasteiger partial charge in [-0.2, -0.15) is 0 Å². The average Bonchev–Trinajstić information content (AvgIpc) is 2.61. The van der Waals surface area contributed by atoms with Gasteiger partial charge in [-0.25, -0.2) is 0 Å². The zero-order chi connectivity index (χ0) is 17.7. The zero-order valence-electron chi connectivity index (χ0n) is 14.2. The predicted molar refractivity (Wildman–Crippen MR) is 104 cm³/mol. The molecule has 4 nitrogen and oxygen atoms in total. The molecule has 1 aliphatic rings. The number of halogens is 1. The number of rotatable bonds is 6. The predicted octanol–water partition coefficient (Wildman–Crippen LogP) is 3.75. The first kappa shape index (κ1) is 17.5. The van der Waals surface area contributed by atoms with Gasteiger partial charge < -0.3 is 10.6 Å². The second kappa shape index (κ2) is 7.72. The molecule has 1 aliphatic heterocycles. The van der Waals surface area contributed by atoms with Crippen molar-refractivity contribution in [3.8, 4) is 0 Å². The van der Waals surface area contributed by atoms with Crippen LogP contribution >= 0.6 is 11.6 Å². The molecule has 2 aromatic carbocycles. The van der Waals surface area contributed by atoms with E-state index in [9.17, 15) is 0 Å². The summed E-state index contributed by atoms with van der Waals surface area (Å²) in [5.41, 5.74) is 8.79. The lowest BCUT2D eigenvalue weighted by Crippen LogP contribution is -2.55. The molecule has 2 unspecified atom stereocenters. The van der Waals surface area contributed by atoms with Crippen LogP contribution in [0, 0.1) is 0 Å². The molecule has 0 bridgehead atoms. The van der Waals surface area contributed by atoms with Crippen molar-refractivity contribution < 1.29 is 0 Å². The third-order valence-corrected chi connectivity index (χ3v) is 4.49. The Morgan fingerprint density at radius 3 is 2.76 bits per heavy atom. The molecule has 130 valence electrons. The summed E-state index contributed by atoms with van der Waals surface area (Å²) >= 11 is 6.04. The molecule has 5 heteroatoms. The maximum atomic E-state index is 6.43. The van der Waals surface area contributed by atoms with Crippen molar-refractivity contribution in [1.29, 1.82) is 0 Å². The maximum absolute atomic E-state index is 6.43. The fraction of sp³-hybridized carbons (Fsp3) is 0.250. The van der Waals surface area contributed by atoms with Crippen LogP contribution in [0.15, 0.2) is 71.5 Å². The molecule has 4 N–H and O–H groups in total. The minimum atomic E-state index is -0.824. The van der Waals surface area contributed by atoms with E-state index in [2.05, 4.69) is 34.7 Å². The van der Waals surface area contributed by atoms with Gasteiger partial charge in [0.1, 0.15) is 5.82 Å². The lowest BCUT2D eigenvalue weighted by molar-refractivity contribution is 0.338. The summed E-state index contributed by atoms with van der Waals surface area (Å²) < 4.78 is 0. The summed E-state index contributed by atoms with van der Waals surface area (Å²) in [7, 11) is 0. The molecule has 1 heterocycles. The second-order valence-electron chi connectivity index (χ2n) is 6.31. The molecule has 2 atom stereocenters. The maximum Gasteiger partial charge on any atom is 0.183 e. The first-order valence-electron chi connectivity index (χ1n) is 8.43. The van der Waals surface area contributed by atoms with Crippen LogP contribution in [-0.4, -0.2) is 12.0 Å². The van der Waals surface area contributed by atoms with Gasteiger partial charge in [0.15, 0.2) is 5.79 Å². The number of nitrogens with two attached hydrogens (primary N) is 1. The minimum absolute atomic E-state index is 0.170. The third-order valence-electron chi connectivity index (χ3n) is 4.25. The lowest BCUT2D eigenvalue weighted by atomic mass is 10.1. The number of allylic oxidation sites excluding steroid dienone is 1. The van der Waals surface area contributed by atoms with E-state index in [1.165, 1.54) is 5.56 Å². The monoisotopic (exact) mass is 354 g/mol. The Morgan fingerprint density at radius 1 is 1.20 bits per heavy atom. The highest BCUT2D eigenvalue weighted by Gasteiger charge is 2.26. The largest absolute Gasteiger partial charge is 0.365 e. The molecule has 0 saturated heterocycles. The summed E-state index contributed by atoms with van der Waals surface area (Å²) in [6, 6.07) is 18.3. The van der Waals surface area contributed by atoms with Gasteiger partial charge in [0.05, 0.1) is 0 Å². The lowest BCUT2D eigenvalue weighted by Gasteiger charge is -2.32. The third kappa shape index (κ3) is 4.84. The van der Waals surface area contributed by atoms with Crippen molar-refractivity contribution in [1.82, 2.24) is 10.6 Å². The van der Waals surface area contributed by atoms with Crippen LogP contribution < -0.4 is 16.4 Å². The number of hydrogen-bond acceptors (Lipinski definition) is 4. The summed E-state index contributed by atoms with van der Waals surface area (Å²) in [5.74, 6) is 0.0513. The van der Waals surface area contributed by atoms with Crippen LogP contribution in [0.5, 0.6) is 0 Å². The van der Waals surface area contributed by atoms with E-state index in [0.29, 0.717) is 6.42 Å².